The smallest absolute Gasteiger partial charge is 0.408 e. The van der Waals surface area contributed by atoms with E-state index in [1.54, 1.807) is 20.8 Å². The van der Waals surface area contributed by atoms with Crippen molar-refractivity contribution in [3.8, 4) is 0 Å². The number of nitrogens with two attached hydrogens (primary N) is 1. The van der Waals surface area contributed by atoms with E-state index in [1.165, 1.54) is 4.90 Å². The Bertz CT molecular complexity index is 916. The molecule has 2 unspecified atom stereocenters. The molecule has 2 atom stereocenters. The highest BCUT2D eigenvalue weighted by atomic mass is 16.6. The van der Waals surface area contributed by atoms with Crippen LogP contribution < -0.4 is 16.4 Å². The first-order valence-corrected chi connectivity index (χ1v) is 13.0. The van der Waals surface area contributed by atoms with Crippen LogP contribution in [0, 0.1) is 6.92 Å². The Kier molecular flexibility index (Phi) is 12.1. The number of amides is 4. The zero-order valence-electron chi connectivity index (χ0n) is 23.8. The molecule has 1 rings (SSSR count). The van der Waals surface area contributed by atoms with Crippen molar-refractivity contribution in [3.63, 3.8) is 0 Å². The van der Waals surface area contributed by atoms with Crippen LogP contribution in [-0.2, 0) is 19.1 Å². The SMILES string of the molecule is CCCCCNC(=O)C(c1ccc(C)cc1)N(C(=O)C(CCC(N)=O)NC(=O)OC(C)(C)C)C(C)(C)C. The third-order valence-corrected chi connectivity index (χ3v) is 5.61. The van der Waals surface area contributed by atoms with Gasteiger partial charge in [-0.3, -0.25) is 14.4 Å². The van der Waals surface area contributed by atoms with Gasteiger partial charge in [-0.05, 0) is 66.9 Å². The van der Waals surface area contributed by atoms with Crippen LogP contribution in [0.15, 0.2) is 24.3 Å². The topological polar surface area (TPSA) is 131 Å². The average molecular weight is 519 g/mol. The third-order valence-electron chi connectivity index (χ3n) is 5.61. The zero-order valence-corrected chi connectivity index (χ0v) is 23.8. The molecule has 0 heterocycles. The third kappa shape index (κ3) is 11.2. The summed E-state index contributed by atoms with van der Waals surface area (Å²) in [5, 5.41) is 5.58. The van der Waals surface area contributed by atoms with Crippen LogP contribution in [0.1, 0.15) is 97.7 Å². The summed E-state index contributed by atoms with van der Waals surface area (Å²) in [4.78, 5) is 53.3. The molecule has 0 saturated carbocycles. The quantitative estimate of drug-likeness (QED) is 0.358. The molecule has 9 heteroatoms. The monoisotopic (exact) mass is 518 g/mol. The van der Waals surface area contributed by atoms with Crippen molar-refractivity contribution >= 4 is 23.8 Å². The van der Waals surface area contributed by atoms with E-state index in [-0.39, 0.29) is 18.7 Å². The lowest BCUT2D eigenvalue weighted by atomic mass is 9.94. The highest BCUT2D eigenvalue weighted by Crippen LogP contribution is 2.31. The van der Waals surface area contributed by atoms with Gasteiger partial charge in [0.1, 0.15) is 17.7 Å². The van der Waals surface area contributed by atoms with E-state index in [2.05, 4.69) is 17.6 Å². The van der Waals surface area contributed by atoms with Crippen LogP contribution in [0.5, 0.6) is 0 Å². The number of carbonyl (C=O) groups excluding carboxylic acids is 4. The van der Waals surface area contributed by atoms with Gasteiger partial charge in [-0.25, -0.2) is 4.79 Å². The maximum Gasteiger partial charge on any atom is 0.408 e. The Morgan fingerprint density at radius 1 is 1.00 bits per heavy atom. The molecule has 4 amide bonds. The molecule has 0 spiro atoms. The summed E-state index contributed by atoms with van der Waals surface area (Å²) in [5.74, 6) is -1.42. The van der Waals surface area contributed by atoms with Crippen molar-refractivity contribution in [2.75, 3.05) is 6.54 Å². The molecule has 37 heavy (non-hydrogen) atoms. The highest BCUT2D eigenvalue weighted by molar-refractivity contribution is 5.93. The van der Waals surface area contributed by atoms with Crippen molar-refractivity contribution in [1.82, 2.24) is 15.5 Å². The molecule has 0 radical (unpaired) electrons. The van der Waals surface area contributed by atoms with Gasteiger partial charge >= 0.3 is 6.09 Å². The van der Waals surface area contributed by atoms with Crippen LogP contribution in [0.4, 0.5) is 4.79 Å². The number of nitrogens with one attached hydrogen (secondary N) is 2. The minimum Gasteiger partial charge on any atom is -0.444 e. The number of hydrogen-bond acceptors (Lipinski definition) is 5. The minimum absolute atomic E-state index is 0.0290. The maximum atomic E-state index is 14.1. The van der Waals surface area contributed by atoms with Gasteiger partial charge in [0.05, 0.1) is 0 Å². The first-order valence-electron chi connectivity index (χ1n) is 13.0. The standard InChI is InChI=1S/C28H46N4O5/c1-9-10-11-18-30-24(34)23(20-14-12-19(2)13-15-20)32(27(3,4)5)25(35)21(16-17-22(29)33)31-26(36)37-28(6,7)8/h12-15,21,23H,9-11,16-18H2,1-8H3,(H2,29,33)(H,30,34)(H,31,36). The summed E-state index contributed by atoms with van der Waals surface area (Å²) in [7, 11) is 0. The maximum absolute atomic E-state index is 14.1. The van der Waals surface area contributed by atoms with Crippen molar-refractivity contribution in [3.05, 3.63) is 35.4 Å². The van der Waals surface area contributed by atoms with Crippen LogP contribution in [0.2, 0.25) is 0 Å². The zero-order chi connectivity index (χ0) is 28.4. The van der Waals surface area contributed by atoms with E-state index in [0.29, 0.717) is 12.1 Å². The van der Waals surface area contributed by atoms with E-state index >= 15 is 0 Å². The van der Waals surface area contributed by atoms with Gasteiger partial charge in [0.15, 0.2) is 0 Å². The highest BCUT2D eigenvalue weighted by Gasteiger charge is 2.41. The molecule has 1 aromatic carbocycles. The van der Waals surface area contributed by atoms with Crippen LogP contribution in [0.3, 0.4) is 0 Å². The number of hydrogen-bond donors (Lipinski definition) is 3. The second kappa shape index (κ2) is 14.0. The van der Waals surface area contributed by atoms with Crippen molar-refractivity contribution < 1.29 is 23.9 Å². The number of unbranched alkanes of at least 4 members (excludes halogenated alkanes) is 2. The summed E-state index contributed by atoms with van der Waals surface area (Å²) in [5.41, 5.74) is 5.43. The largest absolute Gasteiger partial charge is 0.444 e. The van der Waals surface area contributed by atoms with E-state index in [9.17, 15) is 19.2 Å². The van der Waals surface area contributed by atoms with Crippen LogP contribution in [-0.4, -0.2) is 52.4 Å². The van der Waals surface area contributed by atoms with Crippen molar-refractivity contribution in [2.45, 2.75) is 111 Å². The molecule has 0 bridgehead atoms. The van der Waals surface area contributed by atoms with E-state index in [0.717, 1.165) is 24.8 Å². The molecule has 4 N–H and O–H groups in total. The molecule has 0 fully saturated rings. The van der Waals surface area contributed by atoms with Gasteiger partial charge in [-0.1, -0.05) is 49.6 Å². The number of carbonyl (C=O) groups is 4. The summed E-state index contributed by atoms with van der Waals surface area (Å²) < 4.78 is 5.36. The molecule has 208 valence electrons. The van der Waals surface area contributed by atoms with Crippen LogP contribution in [0.25, 0.3) is 0 Å². The van der Waals surface area contributed by atoms with Gasteiger partial charge in [0.25, 0.3) is 0 Å². The number of rotatable bonds is 12. The average Bonchev–Trinajstić information content (AvgIpc) is 2.75. The molecule has 0 saturated heterocycles. The molecule has 0 aliphatic rings. The Morgan fingerprint density at radius 3 is 2.08 bits per heavy atom. The fraction of sp³-hybridized carbons (Fsp3) is 0.643. The fourth-order valence-corrected chi connectivity index (χ4v) is 3.86. The van der Waals surface area contributed by atoms with E-state index in [4.69, 9.17) is 10.5 Å². The summed E-state index contributed by atoms with van der Waals surface area (Å²) in [6.45, 7) is 15.1. The number of benzene rings is 1. The first-order chi connectivity index (χ1) is 17.1. The Labute approximate surface area is 221 Å². The lowest BCUT2D eigenvalue weighted by molar-refractivity contribution is -0.148. The van der Waals surface area contributed by atoms with Gasteiger partial charge in [0.2, 0.25) is 17.7 Å². The number of primary amides is 1. The number of ether oxygens (including phenoxy) is 1. The summed E-state index contributed by atoms with van der Waals surface area (Å²) >= 11 is 0. The lowest BCUT2D eigenvalue weighted by Crippen LogP contribution is -2.58. The predicted molar refractivity (Wildman–Crippen MR) is 145 cm³/mol. The van der Waals surface area contributed by atoms with Gasteiger partial charge in [0, 0.05) is 18.5 Å². The van der Waals surface area contributed by atoms with Crippen LogP contribution >= 0.6 is 0 Å². The minimum atomic E-state index is -1.12. The van der Waals surface area contributed by atoms with E-state index < -0.39 is 41.1 Å². The lowest BCUT2D eigenvalue weighted by Gasteiger charge is -2.43. The number of alkyl carbamates (subject to hydrolysis) is 1. The Hall–Kier alpha value is -3.10. The Balaban J connectivity index is 3.48. The molecular weight excluding hydrogens is 472 g/mol. The molecule has 0 aliphatic heterocycles. The second-order valence-electron chi connectivity index (χ2n) is 11.4. The summed E-state index contributed by atoms with van der Waals surface area (Å²) in [6.07, 6.45) is 1.88. The number of nitrogens with zero attached hydrogens (tertiary/aromatic N) is 1. The molecule has 1 aromatic rings. The van der Waals surface area contributed by atoms with Crippen molar-refractivity contribution in [1.29, 1.82) is 0 Å². The van der Waals surface area contributed by atoms with E-state index in [1.807, 2.05) is 52.0 Å². The molecule has 9 nitrogen and oxygen atoms in total. The normalized spacial score (nSPS) is 13.3. The molecule has 0 aromatic heterocycles. The van der Waals surface area contributed by atoms with Gasteiger partial charge in [-0.15, -0.1) is 0 Å². The summed E-state index contributed by atoms with van der Waals surface area (Å²) in [6, 6.07) is 5.37. The molecule has 0 aliphatic carbocycles. The first kappa shape index (κ1) is 31.9. The van der Waals surface area contributed by atoms with Gasteiger partial charge < -0.3 is 26.0 Å². The molecular formula is C28H46N4O5. The van der Waals surface area contributed by atoms with Gasteiger partial charge in [-0.2, -0.15) is 0 Å². The predicted octanol–water partition coefficient (Wildman–Crippen LogP) is 4.13. The second-order valence-corrected chi connectivity index (χ2v) is 11.4. The number of aryl methyl sites for hydroxylation is 1. The van der Waals surface area contributed by atoms with Crippen molar-refractivity contribution in [2.24, 2.45) is 5.73 Å². The fourth-order valence-electron chi connectivity index (χ4n) is 3.86. The Morgan fingerprint density at radius 2 is 1.59 bits per heavy atom.